The van der Waals surface area contributed by atoms with Gasteiger partial charge in [-0.3, -0.25) is 9.59 Å². The van der Waals surface area contributed by atoms with Crippen molar-refractivity contribution in [3.63, 3.8) is 0 Å². The standard InChI is InChI=1S/C25H29NO5/c1-4-7-15-26-22(17-11-13-19(14-12-17)30-5-2)21(24(28)25(26)29)23(27)18-9-8-10-20(16-18)31-6-3/h8-14,16,22,27H,4-7,15H2,1-3H3/b23-21-. The van der Waals surface area contributed by atoms with Crippen LogP contribution in [0.3, 0.4) is 0 Å². The molecule has 31 heavy (non-hydrogen) atoms. The summed E-state index contributed by atoms with van der Waals surface area (Å²) in [5.41, 5.74) is 1.29. The highest BCUT2D eigenvalue weighted by atomic mass is 16.5. The number of hydrogen-bond donors (Lipinski definition) is 1. The predicted molar refractivity (Wildman–Crippen MR) is 119 cm³/mol. The maximum atomic E-state index is 13.0. The number of hydrogen-bond acceptors (Lipinski definition) is 5. The van der Waals surface area contributed by atoms with Gasteiger partial charge in [-0.05, 0) is 50.1 Å². The van der Waals surface area contributed by atoms with Crippen LogP contribution in [0.5, 0.6) is 11.5 Å². The number of carbonyl (C=O) groups is 2. The molecule has 0 saturated carbocycles. The molecule has 0 radical (unpaired) electrons. The van der Waals surface area contributed by atoms with Crippen molar-refractivity contribution in [1.82, 2.24) is 4.90 Å². The summed E-state index contributed by atoms with van der Waals surface area (Å²) in [6.07, 6.45) is 1.65. The van der Waals surface area contributed by atoms with Crippen LogP contribution in [0.2, 0.25) is 0 Å². The van der Waals surface area contributed by atoms with E-state index in [0.717, 1.165) is 18.4 Å². The van der Waals surface area contributed by atoms with Crippen molar-refractivity contribution in [3.05, 3.63) is 65.2 Å². The number of benzene rings is 2. The van der Waals surface area contributed by atoms with Crippen molar-refractivity contribution in [2.24, 2.45) is 0 Å². The highest BCUT2D eigenvalue weighted by Gasteiger charge is 2.45. The fraction of sp³-hybridized carbons (Fsp3) is 0.360. The van der Waals surface area contributed by atoms with Crippen molar-refractivity contribution < 1.29 is 24.2 Å². The first-order chi connectivity index (χ1) is 15.0. The highest BCUT2D eigenvalue weighted by molar-refractivity contribution is 6.46. The molecule has 1 aliphatic rings. The van der Waals surface area contributed by atoms with Crippen LogP contribution in [-0.2, 0) is 9.59 Å². The Labute approximate surface area is 183 Å². The number of aliphatic hydroxyl groups is 1. The number of amides is 1. The zero-order valence-electron chi connectivity index (χ0n) is 18.3. The maximum absolute atomic E-state index is 13.0. The second kappa shape index (κ2) is 10.2. The Bertz CT molecular complexity index is 964. The Kier molecular flexibility index (Phi) is 7.34. The van der Waals surface area contributed by atoms with E-state index in [1.54, 1.807) is 29.2 Å². The molecule has 3 rings (SSSR count). The fourth-order valence-electron chi connectivity index (χ4n) is 3.75. The minimum absolute atomic E-state index is 0.0962. The summed E-state index contributed by atoms with van der Waals surface area (Å²) >= 11 is 0. The molecule has 1 unspecified atom stereocenters. The van der Waals surface area contributed by atoms with E-state index >= 15 is 0 Å². The van der Waals surface area contributed by atoms with Crippen molar-refractivity contribution >= 4 is 17.4 Å². The lowest BCUT2D eigenvalue weighted by Crippen LogP contribution is -2.30. The molecule has 0 bridgehead atoms. The number of Topliss-reactive ketones (excluding diaryl/α,β-unsaturated/α-hetero) is 1. The Morgan fingerprint density at radius 3 is 2.29 bits per heavy atom. The van der Waals surface area contributed by atoms with Gasteiger partial charge in [0.05, 0.1) is 24.8 Å². The molecule has 2 aromatic carbocycles. The summed E-state index contributed by atoms with van der Waals surface area (Å²) in [5.74, 6) is -0.160. The zero-order chi connectivity index (χ0) is 22.4. The minimum atomic E-state index is -0.672. The molecule has 6 nitrogen and oxygen atoms in total. The molecule has 1 atom stereocenters. The SMILES string of the molecule is CCCCN1C(=O)C(=O)/C(=C(\O)c2cccc(OCC)c2)C1c1ccc(OCC)cc1. The average Bonchev–Trinajstić information content (AvgIpc) is 3.03. The Morgan fingerprint density at radius 1 is 0.968 bits per heavy atom. The van der Waals surface area contributed by atoms with E-state index in [2.05, 4.69) is 0 Å². The van der Waals surface area contributed by atoms with E-state index in [4.69, 9.17) is 9.47 Å². The number of carbonyl (C=O) groups excluding carboxylic acids is 2. The van der Waals surface area contributed by atoms with Gasteiger partial charge in [0.1, 0.15) is 17.3 Å². The topological polar surface area (TPSA) is 76.1 Å². The molecule has 0 spiro atoms. The molecule has 1 aliphatic heterocycles. The van der Waals surface area contributed by atoms with E-state index < -0.39 is 17.7 Å². The average molecular weight is 424 g/mol. The second-order valence-electron chi connectivity index (χ2n) is 7.31. The third-order valence-electron chi connectivity index (χ3n) is 5.22. The van der Waals surface area contributed by atoms with Crippen molar-refractivity contribution in [2.75, 3.05) is 19.8 Å². The van der Waals surface area contributed by atoms with Crippen molar-refractivity contribution in [2.45, 2.75) is 39.7 Å². The fourth-order valence-corrected chi connectivity index (χ4v) is 3.75. The number of likely N-dealkylation sites (tertiary alicyclic amines) is 1. The molecule has 1 fully saturated rings. The van der Waals surface area contributed by atoms with E-state index in [1.165, 1.54) is 0 Å². The van der Waals surface area contributed by atoms with Crippen LogP contribution in [-0.4, -0.2) is 41.5 Å². The van der Waals surface area contributed by atoms with E-state index in [0.29, 0.717) is 36.8 Å². The lowest BCUT2D eigenvalue weighted by Gasteiger charge is -2.25. The van der Waals surface area contributed by atoms with Gasteiger partial charge in [-0.15, -0.1) is 0 Å². The number of rotatable bonds is 9. The zero-order valence-corrected chi connectivity index (χ0v) is 18.3. The summed E-state index contributed by atoms with van der Waals surface area (Å²) < 4.78 is 11.0. The summed E-state index contributed by atoms with van der Waals surface area (Å²) in [4.78, 5) is 27.4. The first-order valence-corrected chi connectivity index (χ1v) is 10.8. The minimum Gasteiger partial charge on any atom is -0.507 e. The van der Waals surface area contributed by atoms with Gasteiger partial charge >= 0.3 is 0 Å². The number of aliphatic hydroxyl groups excluding tert-OH is 1. The van der Waals surface area contributed by atoms with Crippen LogP contribution in [0.1, 0.15) is 50.8 Å². The van der Waals surface area contributed by atoms with Gasteiger partial charge < -0.3 is 19.5 Å². The van der Waals surface area contributed by atoms with E-state index in [9.17, 15) is 14.7 Å². The Balaban J connectivity index is 2.10. The van der Waals surface area contributed by atoms with Crippen LogP contribution in [0.15, 0.2) is 54.1 Å². The smallest absolute Gasteiger partial charge is 0.295 e. The molecule has 164 valence electrons. The highest BCUT2D eigenvalue weighted by Crippen LogP contribution is 2.40. The molecule has 1 amide bonds. The third-order valence-corrected chi connectivity index (χ3v) is 5.22. The summed E-state index contributed by atoms with van der Waals surface area (Å²) in [6.45, 7) is 7.28. The molecule has 6 heteroatoms. The van der Waals surface area contributed by atoms with E-state index in [1.807, 2.05) is 45.0 Å². The van der Waals surface area contributed by atoms with Crippen molar-refractivity contribution in [3.8, 4) is 11.5 Å². The van der Waals surface area contributed by atoms with Crippen LogP contribution < -0.4 is 9.47 Å². The van der Waals surface area contributed by atoms with Gasteiger partial charge in [0.25, 0.3) is 11.7 Å². The van der Waals surface area contributed by atoms with E-state index in [-0.39, 0.29) is 11.3 Å². The third kappa shape index (κ3) is 4.74. The number of unbranched alkanes of at least 4 members (excludes halogenated alkanes) is 1. The monoisotopic (exact) mass is 423 g/mol. The molecule has 0 aromatic heterocycles. The predicted octanol–water partition coefficient (Wildman–Crippen LogP) is 4.71. The Hall–Kier alpha value is -3.28. The van der Waals surface area contributed by atoms with Crippen molar-refractivity contribution in [1.29, 1.82) is 0 Å². The molecule has 1 N–H and O–H groups in total. The van der Waals surface area contributed by atoms with Gasteiger partial charge in [-0.2, -0.15) is 0 Å². The molecular formula is C25H29NO5. The van der Waals surface area contributed by atoms with Gasteiger partial charge in [0.15, 0.2) is 0 Å². The normalized spacial score (nSPS) is 17.8. The molecule has 2 aromatic rings. The second-order valence-corrected chi connectivity index (χ2v) is 7.31. The van der Waals surface area contributed by atoms with Gasteiger partial charge in [0, 0.05) is 12.1 Å². The summed E-state index contributed by atoms with van der Waals surface area (Å²) in [7, 11) is 0. The van der Waals surface area contributed by atoms with Crippen LogP contribution in [0.4, 0.5) is 0 Å². The van der Waals surface area contributed by atoms with Crippen LogP contribution >= 0.6 is 0 Å². The quantitative estimate of drug-likeness (QED) is 0.359. The summed E-state index contributed by atoms with van der Waals surface area (Å²) in [5, 5.41) is 11.1. The Morgan fingerprint density at radius 2 is 1.65 bits per heavy atom. The van der Waals surface area contributed by atoms with Crippen LogP contribution in [0.25, 0.3) is 5.76 Å². The van der Waals surface area contributed by atoms with Gasteiger partial charge in [-0.1, -0.05) is 37.6 Å². The van der Waals surface area contributed by atoms with Gasteiger partial charge in [0.2, 0.25) is 0 Å². The largest absolute Gasteiger partial charge is 0.507 e. The molecule has 1 heterocycles. The maximum Gasteiger partial charge on any atom is 0.295 e. The number of nitrogens with zero attached hydrogens (tertiary/aromatic N) is 1. The lowest BCUT2D eigenvalue weighted by atomic mass is 9.95. The number of ether oxygens (including phenoxy) is 2. The molecule has 0 aliphatic carbocycles. The first kappa shape index (κ1) is 22.4. The van der Waals surface area contributed by atoms with Gasteiger partial charge in [-0.25, -0.2) is 0 Å². The molecular weight excluding hydrogens is 394 g/mol. The molecule has 1 saturated heterocycles. The lowest BCUT2D eigenvalue weighted by molar-refractivity contribution is -0.139. The van der Waals surface area contributed by atoms with Crippen LogP contribution in [0, 0.1) is 0 Å². The summed E-state index contributed by atoms with van der Waals surface area (Å²) in [6, 6.07) is 13.6. The first-order valence-electron chi connectivity index (χ1n) is 10.8. The number of ketones is 1.